The van der Waals surface area contributed by atoms with Gasteiger partial charge in [0.1, 0.15) is 16.1 Å². The van der Waals surface area contributed by atoms with Crippen molar-refractivity contribution in [2.45, 2.75) is 11.6 Å². The molecule has 0 radical (unpaired) electrons. The van der Waals surface area contributed by atoms with Crippen molar-refractivity contribution in [2.75, 3.05) is 24.5 Å². The van der Waals surface area contributed by atoms with Crippen molar-refractivity contribution in [3.8, 4) is 11.3 Å². The van der Waals surface area contributed by atoms with Gasteiger partial charge in [-0.05, 0) is 24.0 Å². The van der Waals surface area contributed by atoms with E-state index >= 15 is 0 Å². The zero-order valence-corrected chi connectivity index (χ0v) is 22.2. The number of aromatic amines is 1. The molecule has 5 aromatic rings. The second-order valence-electron chi connectivity index (χ2n) is 10.1. The highest BCUT2D eigenvalue weighted by Crippen LogP contribution is 2.64. The summed E-state index contributed by atoms with van der Waals surface area (Å²) >= 11 is 7.70. The van der Waals surface area contributed by atoms with Gasteiger partial charge in [0.15, 0.2) is 11.3 Å². The van der Waals surface area contributed by atoms with Gasteiger partial charge >= 0.3 is 6.18 Å². The van der Waals surface area contributed by atoms with Crippen LogP contribution in [-0.4, -0.2) is 54.1 Å². The fourth-order valence-electron chi connectivity index (χ4n) is 6.11. The van der Waals surface area contributed by atoms with E-state index in [4.69, 9.17) is 22.3 Å². The van der Waals surface area contributed by atoms with Crippen LogP contribution in [0.2, 0.25) is 5.02 Å². The maximum absolute atomic E-state index is 13.6. The molecule has 10 nitrogen and oxygen atoms in total. The van der Waals surface area contributed by atoms with Crippen LogP contribution < -0.4 is 16.2 Å². The number of fused-ring (bicyclic) bond motifs is 3. The van der Waals surface area contributed by atoms with E-state index < -0.39 is 17.3 Å². The van der Waals surface area contributed by atoms with E-state index in [9.17, 15) is 18.0 Å². The number of hydrogen-bond donors (Lipinski definition) is 2. The number of nitrogens with zero attached hydrogens (tertiary/aromatic N) is 7. The lowest BCUT2D eigenvalue weighted by Crippen LogP contribution is -2.38. The topological polar surface area (TPSA) is 124 Å². The summed E-state index contributed by atoms with van der Waals surface area (Å²) in [4.78, 5) is 24.2. The average molecular weight is 576 g/mol. The van der Waals surface area contributed by atoms with E-state index in [-0.39, 0.29) is 23.9 Å². The minimum Gasteiger partial charge on any atom is -0.341 e. The van der Waals surface area contributed by atoms with Crippen molar-refractivity contribution in [1.29, 1.82) is 0 Å². The first-order chi connectivity index (χ1) is 18.5. The zero-order chi connectivity index (χ0) is 27.4. The summed E-state index contributed by atoms with van der Waals surface area (Å²) in [6.45, 7) is 1.20. The fraction of sp³-hybridized carbons (Fsp3) is 0.375. The number of alkyl halides is 3. The summed E-state index contributed by atoms with van der Waals surface area (Å²) in [6.07, 6.45) is -2.69. The molecule has 202 valence electrons. The Balaban J connectivity index is 1.22. The van der Waals surface area contributed by atoms with Crippen LogP contribution >= 0.6 is 22.9 Å². The molecule has 1 aromatic carbocycles. The minimum atomic E-state index is -4.49. The Kier molecular flexibility index (Phi) is 5.05. The number of thiazole rings is 1. The Morgan fingerprint density at radius 2 is 1.97 bits per heavy atom. The standard InChI is InChI=1S/C24H21ClF3N9OS/c1-35-5-11-14(34-35)4-3-10(17(11)25)18-16-19(33-32-18)31-22(36(2)20(16)38)37-6-12-13(7-37)23(12,9-29)21-30-15(8-39-21)24(26,27)28/h3-5,8,12-13H,6-7,9,29H2,1-2H3,(H,32,33)/t12-,13+,23-. The van der Waals surface area contributed by atoms with Crippen LogP contribution in [-0.2, 0) is 25.7 Å². The average Bonchev–Trinajstić information content (AvgIpc) is 3.52. The molecule has 0 unspecified atom stereocenters. The lowest BCUT2D eigenvalue weighted by Gasteiger charge is -2.26. The van der Waals surface area contributed by atoms with Gasteiger partial charge in [-0.2, -0.15) is 28.4 Å². The van der Waals surface area contributed by atoms with E-state index in [0.717, 1.165) is 27.6 Å². The molecule has 3 atom stereocenters. The molecule has 2 fully saturated rings. The van der Waals surface area contributed by atoms with Crippen molar-refractivity contribution >= 4 is 50.8 Å². The molecule has 5 heterocycles. The molecule has 2 aliphatic rings. The largest absolute Gasteiger partial charge is 0.434 e. The van der Waals surface area contributed by atoms with Crippen LogP contribution in [0.15, 0.2) is 28.5 Å². The smallest absolute Gasteiger partial charge is 0.341 e. The van der Waals surface area contributed by atoms with Gasteiger partial charge in [0.2, 0.25) is 5.95 Å². The van der Waals surface area contributed by atoms with Crippen LogP contribution in [0, 0.1) is 11.8 Å². The van der Waals surface area contributed by atoms with Gasteiger partial charge in [0.25, 0.3) is 5.56 Å². The molecular formula is C24H21ClF3N9OS. The fourth-order valence-corrected chi connectivity index (χ4v) is 7.58. The molecule has 3 N–H and O–H groups in total. The molecule has 0 spiro atoms. The maximum Gasteiger partial charge on any atom is 0.434 e. The Hall–Kier alpha value is -3.49. The van der Waals surface area contributed by atoms with E-state index in [1.807, 2.05) is 11.0 Å². The molecular weight excluding hydrogens is 555 g/mol. The predicted octanol–water partition coefficient (Wildman–Crippen LogP) is 3.30. The third kappa shape index (κ3) is 3.34. The van der Waals surface area contributed by atoms with Gasteiger partial charge in [-0.1, -0.05) is 11.6 Å². The number of aromatic nitrogens is 7. The summed E-state index contributed by atoms with van der Waals surface area (Å²) in [5.74, 6) is 0.485. The monoisotopic (exact) mass is 575 g/mol. The lowest BCUT2D eigenvalue weighted by atomic mass is 10.0. The van der Waals surface area contributed by atoms with E-state index in [0.29, 0.717) is 51.4 Å². The molecule has 1 saturated heterocycles. The van der Waals surface area contributed by atoms with Crippen molar-refractivity contribution in [1.82, 2.24) is 34.5 Å². The number of hydrogen-bond acceptors (Lipinski definition) is 8. The normalized spacial score (nSPS) is 22.8. The molecule has 39 heavy (non-hydrogen) atoms. The van der Waals surface area contributed by atoms with Crippen LogP contribution in [0.3, 0.4) is 0 Å². The van der Waals surface area contributed by atoms with Crippen molar-refractivity contribution in [3.05, 3.63) is 49.8 Å². The Bertz CT molecular complexity index is 1840. The van der Waals surface area contributed by atoms with Gasteiger partial charge in [0.05, 0.1) is 10.5 Å². The summed E-state index contributed by atoms with van der Waals surface area (Å²) in [7, 11) is 3.45. The molecule has 15 heteroatoms. The van der Waals surface area contributed by atoms with Crippen LogP contribution in [0.1, 0.15) is 10.7 Å². The zero-order valence-electron chi connectivity index (χ0n) is 20.6. The van der Waals surface area contributed by atoms with Crippen LogP contribution in [0.25, 0.3) is 33.2 Å². The third-order valence-electron chi connectivity index (χ3n) is 8.12. The number of rotatable bonds is 4. The Labute approximate surface area is 227 Å². The summed E-state index contributed by atoms with van der Waals surface area (Å²) in [6, 6.07) is 3.60. The number of nitrogens with one attached hydrogen (secondary N) is 1. The van der Waals surface area contributed by atoms with Gasteiger partial charge in [-0.15, -0.1) is 11.3 Å². The van der Waals surface area contributed by atoms with Gasteiger partial charge < -0.3 is 10.6 Å². The van der Waals surface area contributed by atoms with Crippen LogP contribution in [0.5, 0.6) is 0 Å². The predicted molar refractivity (Wildman–Crippen MR) is 141 cm³/mol. The summed E-state index contributed by atoms with van der Waals surface area (Å²) in [5, 5.41) is 14.6. The molecule has 0 bridgehead atoms. The molecule has 4 aromatic heterocycles. The molecule has 1 saturated carbocycles. The number of nitrogens with two attached hydrogens (primary N) is 1. The van der Waals surface area contributed by atoms with Crippen molar-refractivity contribution < 1.29 is 13.2 Å². The second-order valence-corrected chi connectivity index (χ2v) is 11.4. The second kappa shape index (κ2) is 8.02. The quantitative estimate of drug-likeness (QED) is 0.337. The van der Waals surface area contributed by atoms with E-state index in [1.165, 1.54) is 4.57 Å². The molecule has 7 rings (SSSR count). The third-order valence-corrected chi connectivity index (χ3v) is 9.56. The number of anilines is 1. The maximum atomic E-state index is 13.6. The highest BCUT2D eigenvalue weighted by molar-refractivity contribution is 7.09. The lowest BCUT2D eigenvalue weighted by molar-refractivity contribution is -0.140. The Morgan fingerprint density at radius 3 is 2.64 bits per heavy atom. The molecule has 1 aliphatic heterocycles. The van der Waals surface area contributed by atoms with E-state index in [2.05, 4.69) is 20.3 Å². The van der Waals surface area contributed by atoms with Gasteiger partial charge in [-0.25, -0.2) is 4.98 Å². The number of benzene rings is 1. The minimum absolute atomic E-state index is 0.0182. The number of halogens is 4. The molecule has 0 amide bonds. The van der Waals surface area contributed by atoms with E-state index in [1.54, 1.807) is 31.0 Å². The van der Waals surface area contributed by atoms with Gasteiger partial charge in [0, 0.05) is 61.7 Å². The Morgan fingerprint density at radius 1 is 1.23 bits per heavy atom. The van der Waals surface area contributed by atoms with Crippen molar-refractivity contribution in [3.63, 3.8) is 0 Å². The van der Waals surface area contributed by atoms with Crippen molar-refractivity contribution in [2.24, 2.45) is 31.7 Å². The first-order valence-electron chi connectivity index (χ1n) is 12.1. The number of H-pyrrole nitrogens is 1. The first kappa shape index (κ1) is 24.5. The first-order valence-corrected chi connectivity index (χ1v) is 13.4. The molecule has 1 aliphatic carbocycles. The highest BCUT2D eigenvalue weighted by atomic mass is 35.5. The number of piperidine rings is 1. The number of aryl methyl sites for hydroxylation is 1. The highest BCUT2D eigenvalue weighted by Gasteiger charge is 2.70. The summed E-state index contributed by atoms with van der Waals surface area (Å²) in [5.41, 5.74) is 6.38. The van der Waals surface area contributed by atoms with Crippen LogP contribution in [0.4, 0.5) is 19.1 Å². The SMILES string of the molecule is Cn1cc2c(Cl)c(-c3n[nH]c4nc(N5C[C@@H]6[C@H](C5)[C@]6(CN)c5nc(C(F)(F)F)cs5)n(C)c(=O)c34)ccc2n1. The summed E-state index contributed by atoms with van der Waals surface area (Å²) < 4.78 is 42.6. The van der Waals surface area contributed by atoms with Gasteiger partial charge in [-0.3, -0.25) is 19.1 Å².